The van der Waals surface area contributed by atoms with Gasteiger partial charge in [0.15, 0.2) is 0 Å². The molecule has 2 atom stereocenters. The van der Waals surface area contributed by atoms with Gasteiger partial charge in [-0.25, -0.2) is 0 Å². The molecule has 3 heterocycles. The monoisotopic (exact) mass is 339 g/mol. The Morgan fingerprint density at radius 3 is 2.80 bits per heavy atom. The highest BCUT2D eigenvalue weighted by Crippen LogP contribution is 2.32. The molecule has 0 radical (unpaired) electrons. The molecule has 0 saturated carbocycles. The maximum Gasteiger partial charge on any atom is 0.229 e. The quantitative estimate of drug-likeness (QED) is 0.894. The summed E-state index contributed by atoms with van der Waals surface area (Å²) in [5.74, 6) is 0.189. The largest absolute Gasteiger partial charge is 0.370 e. The second-order valence-electron chi connectivity index (χ2n) is 7.02. The van der Waals surface area contributed by atoms with Gasteiger partial charge in [-0.3, -0.25) is 9.48 Å². The molecule has 132 valence electrons. The molecule has 6 heteroatoms. The molecule has 1 aromatic heterocycles. The minimum atomic E-state index is -0.0733. The average molecular weight is 339 g/mol. The summed E-state index contributed by atoms with van der Waals surface area (Å²) >= 11 is 0. The van der Waals surface area contributed by atoms with Crippen molar-refractivity contribution >= 4 is 17.3 Å². The Morgan fingerprint density at radius 2 is 2.04 bits per heavy atom. The summed E-state index contributed by atoms with van der Waals surface area (Å²) < 4.78 is 1.80. The van der Waals surface area contributed by atoms with Gasteiger partial charge in [-0.05, 0) is 30.5 Å². The van der Waals surface area contributed by atoms with Crippen molar-refractivity contribution in [2.24, 2.45) is 13.0 Å². The van der Waals surface area contributed by atoms with Crippen LogP contribution in [0.1, 0.15) is 24.3 Å². The Labute approximate surface area is 148 Å². The number of benzene rings is 1. The van der Waals surface area contributed by atoms with Gasteiger partial charge < -0.3 is 15.5 Å². The molecule has 6 nitrogen and oxygen atoms in total. The van der Waals surface area contributed by atoms with Crippen LogP contribution in [0.5, 0.6) is 0 Å². The summed E-state index contributed by atoms with van der Waals surface area (Å²) in [5.41, 5.74) is 3.18. The minimum Gasteiger partial charge on any atom is -0.370 e. The lowest BCUT2D eigenvalue weighted by atomic mass is 9.90. The fraction of sp³-hybridized carbons (Fsp3) is 0.474. The van der Waals surface area contributed by atoms with Crippen LogP contribution >= 0.6 is 0 Å². The first-order valence-electron chi connectivity index (χ1n) is 9.06. The Balaban J connectivity index is 1.52. The number of hydrogen-bond acceptors (Lipinski definition) is 4. The van der Waals surface area contributed by atoms with E-state index in [1.54, 1.807) is 4.68 Å². The van der Waals surface area contributed by atoms with Crippen molar-refractivity contribution < 1.29 is 4.79 Å². The zero-order valence-corrected chi connectivity index (χ0v) is 14.6. The number of carbonyl (C=O) groups excluding carboxylic acids is 1. The van der Waals surface area contributed by atoms with Crippen molar-refractivity contribution in [2.75, 3.05) is 36.4 Å². The maximum absolute atomic E-state index is 13.0. The number of anilines is 2. The van der Waals surface area contributed by atoms with Crippen molar-refractivity contribution in [3.63, 3.8) is 0 Å². The van der Waals surface area contributed by atoms with E-state index in [1.165, 1.54) is 12.8 Å². The van der Waals surface area contributed by atoms with E-state index in [2.05, 4.69) is 26.7 Å². The standard InChI is InChI=1S/C19H25N5O/c1-23-13-14(10-21-23)15-11-20-12-16(15)19(25)22-17-6-2-3-7-18(17)24-8-4-5-9-24/h2-3,6-7,10,13,15-16,20H,4-5,8-9,11-12H2,1H3,(H,22,25)/t15-,16+/m1/s1. The Hall–Kier alpha value is -2.34. The molecule has 0 aliphatic carbocycles. The first-order chi connectivity index (χ1) is 12.2. The van der Waals surface area contributed by atoms with Gasteiger partial charge in [-0.2, -0.15) is 5.10 Å². The second kappa shape index (κ2) is 6.88. The zero-order chi connectivity index (χ0) is 17.2. The molecule has 1 amide bonds. The van der Waals surface area contributed by atoms with Gasteiger partial charge in [0.05, 0.1) is 23.5 Å². The number of para-hydroxylation sites is 2. The van der Waals surface area contributed by atoms with Crippen LogP contribution in [0.4, 0.5) is 11.4 Å². The van der Waals surface area contributed by atoms with Crippen LogP contribution in [0.25, 0.3) is 0 Å². The van der Waals surface area contributed by atoms with Crippen molar-refractivity contribution in [1.29, 1.82) is 0 Å². The smallest absolute Gasteiger partial charge is 0.229 e. The molecule has 2 saturated heterocycles. The van der Waals surface area contributed by atoms with Crippen LogP contribution in [-0.2, 0) is 11.8 Å². The van der Waals surface area contributed by atoms with E-state index in [0.29, 0.717) is 6.54 Å². The van der Waals surface area contributed by atoms with Gasteiger partial charge in [0, 0.05) is 45.3 Å². The number of nitrogens with one attached hydrogen (secondary N) is 2. The van der Waals surface area contributed by atoms with Crippen molar-refractivity contribution in [3.8, 4) is 0 Å². The molecule has 2 aliphatic rings. The van der Waals surface area contributed by atoms with E-state index in [9.17, 15) is 4.79 Å². The zero-order valence-electron chi connectivity index (χ0n) is 14.6. The molecule has 4 rings (SSSR count). The Kier molecular flexibility index (Phi) is 4.44. The van der Waals surface area contributed by atoms with Crippen LogP contribution < -0.4 is 15.5 Å². The van der Waals surface area contributed by atoms with E-state index in [1.807, 2.05) is 37.6 Å². The number of aryl methyl sites for hydroxylation is 1. The molecular weight excluding hydrogens is 314 g/mol. The predicted molar refractivity (Wildman–Crippen MR) is 98.8 cm³/mol. The lowest BCUT2D eigenvalue weighted by Crippen LogP contribution is -2.29. The van der Waals surface area contributed by atoms with Gasteiger partial charge >= 0.3 is 0 Å². The molecule has 0 bridgehead atoms. The highest BCUT2D eigenvalue weighted by atomic mass is 16.2. The van der Waals surface area contributed by atoms with Gasteiger partial charge in [0.1, 0.15) is 0 Å². The van der Waals surface area contributed by atoms with E-state index >= 15 is 0 Å². The number of hydrogen-bond donors (Lipinski definition) is 2. The fourth-order valence-electron chi connectivity index (χ4n) is 3.97. The summed E-state index contributed by atoms with van der Waals surface area (Å²) in [4.78, 5) is 15.3. The lowest BCUT2D eigenvalue weighted by molar-refractivity contribution is -0.119. The number of aromatic nitrogens is 2. The van der Waals surface area contributed by atoms with Crippen LogP contribution in [0.15, 0.2) is 36.7 Å². The van der Waals surface area contributed by atoms with Crippen LogP contribution in [0, 0.1) is 5.92 Å². The summed E-state index contributed by atoms with van der Waals surface area (Å²) in [5, 5.41) is 10.8. The second-order valence-corrected chi connectivity index (χ2v) is 7.02. The first-order valence-corrected chi connectivity index (χ1v) is 9.06. The van der Waals surface area contributed by atoms with E-state index in [-0.39, 0.29) is 17.7 Å². The summed E-state index contributed by atoms with van der Waals surface area (Å²) in [6, 6.07) is 8.14. The normalized spacial score (nSPS) is 23.2. The number of rotatable bonds is 4. The average Bonchev–Trinajstić information content (AvgIpc) is 3.36. The molecule has 2 N–H and O–H groups in total. The van der Waals surface area contributed by atoms with Crippen LogP contribution in [-0.4, -0.2) is 41.9 Å². The predicted octanol–water partition coefficient (Wildman–Crippen LogP) is 1.96. The van der Waals surface area contributed by atoms with Crippen molar-refractivity contribution in [2.45, 2.75) is 18.8 Å². The van der Waals surface area contributed by atoms with E-state index < -0.39 is 0 Å². The van der Waals surface area contributed by atoms with E-state index in [0.717, 1.165) is 36.6 Å². The highest BCUT2D eigenvalue weighted by Gasteiger charge is 2.35. The summed E-state index contributed by atoms with van der Waals surface area (Å²) in [6.07, 6.45) is 6.32. The van der Waals surface area contributed by atoms with Gasteiger partial charge in [-0.1, -0.05) is 12.1 Å². The molecule has 0 spiro atoms. The van der Waals surface area contributed by atoms with Gasteiger partial charge in [0.2, 0.25) is 5.91 Å². The number of carbonyl (C=O) groups is 1. The van der Waals surface area contributed by atoms with Crippen molar-refractivity contribution in [1.82, 2.24) is 15.1 Å². The topological polar surface area (TPSA) is 62.2 Å². The highest BCUT2D eigenvalue weighted by molar-refractivity contribution is 5.96. The number of nitrogens with zero attached hydrogens (tertiary/aromatic N) is 3. The van der Waals surface area contributed by atoms with Gasteiger partial charge in [0.25, 0.3) is 0 Å². The van der Waals surface area contributed by atoms with Crippen LogP contribution in [0.2, 0.25) is 0 Å². The van der Waals surface area contributed by atoms with E-state index in [4.69, 9.17) is 0 Å². The Morgan fingerprint density at radius 1 is 1.24 bits per heavy atom. The third-order valence-corrected chi connectivity index (χ3v) is 5.31. The number of amides is 1. The maximum atomic E-state index is 13.0. The SMILES string of the molecule is Cn1cc([C@H]2CNC[C@@H]2C(=O)Nc2ccccc2N2CCCC2)cn1. The third kappa shape index (κ3) is 3.26. The third-order valence-electron chi connectivity index (χ3n) is 5.31. The fourth-order valence-corrected chi connectivity index (χ4v) is 3.97. The van der Waals surface area contributed by atoms with Crippen LogP contribution in [0.3, 0.4) is 0 Å². The Bertz CT molecular complexity index is 750. The first kappa shape index (κ1) is 16.1. The minimum absolute atomic E-state index is 0.0733. The summed E-state index contributed by atoms with van der Waals surface area (Å²) in [6.45, 7) is 3.65. The molecule has 0 unspecified atom stereocenters. The molecular formula is C19H25N5O. The summed E-state index contributed by atoms with van der Waals surface area (Å²) in [7, 11) is 1.91. The van der Waals surface area contributed by atoms with Crippen molar-refractivity contribution in [3.05, 3.63) is 42.2 Å². The molecule has 25 heavy (non-hydrogen) atoms. The molecule has 2 fully saturated rings. The molecule has 2 aromatic rings. The molecule has 1 aromatic carbocycles. The van der Waals surface area contributed by atoms with Gasteiger partial charge in [-0.15, -0.1) is 0 Å². The molecule has 2 aliphatic heterocycles. The lowest BCUT2D eigenvalue weighted by Gasteiger charge is -2.23.